The molecule has 1 aliphatic heterocycles. The molecule has 3 heterocycles. The highest BCUT2D eigenvalue weighted by molar-refractivity contribution is 7.73. The Labute approximate surface area is 156 Å². The molecule has 1 saturated heterocycles. The highest BCUT2D eigenvalue weighted by atomic mass is 32.1. The first-order valence-corrected chi connectivity index (χ1v) is 9.69. The van der Waals surface area contributed by atoms with Gasteiger partial charge < -0.3 is 14.4 Å². The maximum atomic E-state index is 5.66. The molecule has 1 aliphatic rings. The van der Waals surface area contributed by atoms with Crippen molar-refractivity contribution in [3.63, 3.8) is 0 Å². The molecule has 7 heteroatoms. The first-order valence-electron chi connectivity index (χ1n) is 8.47. The zero-order valence-corrected chi connectivity index (χ0v) is 16.1. The molecule has 130 valence electrons. The summed E-state index contributed by atoms with van der Waals surface area (Å²) in [5.41, 5.74) is 2.19. The number of aryl methyl sites for hydroxylation is 1. The first-order chi connectivity index (χ1) is 12.1. The Morgan fingerprint density at radius 3 is 2.52 bits per heavy atom. The molecule has 2 aromatic heterocycles. The van der Waals surface area contributed by atoms with E-state index in [-0.39, 0.29) is 0 Å². The fourth-order valence-corrected chi connectivity index (χ4v) is 4.52. The van der Waals surface area contributed by atoms with Gasteiger partial charge in [0, 0.05) is 26.2 Å². The van der Waals surface area contributed by atoms with Crippen LogP contribution < -0.4 is 4.90 Å². The van der Waals surface area contributed by atoms with Crippen molar-refractivity contribution in [2.24, 2.45) is 0 Å². The molecule has 4 rings (SSSR count). The number of anilines is 1. The molecule has 0 atom stereocenters. The van der Waals surface area contributed by atoms with Gasteiger partial charge in [0.1, 0.15) is 10.5 Å². The van der Waals surface area contributed by atoms with Gasteiger partial charge in [0.25, 0.3) is 0 Å². The van der Waals surface area contributed by atoms with Gasteiger partial charge in [-0.3, -0.25) is 0 Å². The fourth-order valence-electron chi connectivity index (χ4n) is 3.17. The molecule has 0 unspecified atom stereocenters. The van der Waals surface area contributed by atoms with Crippen LogP contribution in [-0.4, -0.2) is 52.7 Å². The van der Waals surface area contributed by atoms with E-state index in [0.29, 0.717) is 0 Å². The lowest BCUT2D eigenvalue weighted by Crippen LogP contribution is -2.44. The van der Waals surface area contributed by atoms with E-state index in [1.165, 1.54) is 5.56 Å². The molecule has 1 fully saturated rings. The molecular formula is C18H21N5S2. The maximum Gasteiger partial charge on any atom is 0.163 e. The van der Waals surface area contributed by atoms with Gasteiger partial charge in [-0.25, -0.2) is 9.97 Å². The van der Waals surface area contributed by atoms with Crippen molar-refractivity contribution in [1.82, 2.24) is 19.4 Å². The van der Waals surface area contributed by atoms with Crippen molar-refractivity contribution in [2.45, 2.75) is 13.5 Å². The molecule has 0 spiro atoms. The summed E-state index contributed by atoms with van der Waals surface area (Å²) in [6, 6.07) is 10.4. The lowest BCUT2D eigenvalue weighted by Gasteiger charge is -2.33. The number of piperazine rings is 1. The molecule has 0 amide bonds. The molecule has 1 aromatic carbocycles. The molecule has 0 radical (unpaired) electrons. The third-order valence-electron chi connectivity index (χ3n) is 4.59. The summed E-state index contributed by atoms with van der Waals surface area (Å²) in [7, 11) is 2.17. The van der Waals surface area contributed by atoms with Crippen molar-refractivity contribution in [3.05, 3.63) is 45.7 Å². The molecule has 0 saturated carbocycles. The van der Waals surface area contributed by atoms with Crippen LogP contribution in [0.25, 0.3) is 10.3 Å². The van der Waals surface area contributed by atoms with Gasteiger partial charge in [-0.1, -0.05) is 41.7 Å². The van der Waals surface area contributed by atoms with Gasteiger partial charge in [0.15, 0.2) is 15.4 Å². The van der Waals surface area contributed by atoms with Crippen LogP contribution in [0, 0.1) is 10.9 Å². The van der Waals surface area contributed by atoms with Crippen LogP contribution in [0.4, 0.5) is 5.82 Å². The van der Waals surface area contributed by atoms with Crippen molar-refractivity contribution in [1.29, 1.82) is 0 Å². The van der Waals surface area contributed by atoms with E-state index < -0.39 is 0 Å². The van der Waals surface area contributed by atoms with E-state index in [2.05, 4.69) is 45.7 Å². The predicted molar refractivity (Wildman–Crippen MR) is 106 cm³/mol. The summed E-state index contributed by atoms with van der Waals surface area (Å²) in [4.78, 5) is 14.2. The van der Waals surface area contributed by atoms with E-state index in [1.54, 1.807) is 11.3 Å². The van der Waals surface area contributed by atoms with Crippen molar-refractivity contribution < 1.29 is 0 Å². The van der Waals surface area contributed by atoms with Crippen LogP contribution in [-0.2, 0) is 6.54 Å². The lowest BCUT2D eigenvalue weighted by molar-refractivity contribution is 0.312. The number of thiazole rings is 1. The zero-order valence-electron chi connectivity index (χ0n) is 14.5. The van der Waals surface area contributed by atoms with Gasteiger partial charge in [-0.15, -0.1) is 0 Å². The van der Waals surface area contributed by atoms with Crippen LogP contribution in [0.3, 0.4) is 0 Å². The zero-order chi connectivity index (χ0) is 17.4. The minimum Gasteiger partial charge on any atom is -0.353 e. The third-order valence-corrected chi connectivity index (χ3v) is 6.03. The molecule has 0 N–H and O–H groups in total. The van der Waals surface area contributed by atoms with Gasteiger partial charge in [0.05, 0.1) is 6.54 Å². The Kier molecular flexibility index (Phi) is 4.54. The second-order valence-corrected chi connectivity index (χ2v) is 8.12. The third kappa shape index (κ3) is 3.31. The van der Waals surface area contributed by atoms with Crippen LogP contribution in [0.5, 0.6) is 0 Å². The minimum atomic E-state index is 0.748. The Bertz CT molecular complexity index is 939. The van der Waals surface area contributed by atoms with Crippen LogP contribution in [0.2, 0.25) is 0 Å². The molecule has 3 aromatic rings. The molecule has 5 nitrogen and oxygen atoms in total. The summed E-state index contributed by atoms with van der Waals surface area (Å²) < 4.78 is 4.10. The number of hydrogen-bond donors (Lipinski definition) is 0. The standard InChI is InChI=1S/C18H21N5S2/c1-13-19-16(22-10-8-21(2)9-11-22)15-17(20-13)23(18(24)25-15)12-14-6-4-3-5-7-14/h3-7H,8-12H2,1-2H3. The Morgan fingerprint density at radius 2 is 1.80 bits per heavy atom. The quantitative estimate of drug-likeness (QED) is 0.660. The van der Waals surface area contributed by atoms with Crippen LogP contribution >= 0.6 is 23.6 Å². The molecule has 0 aliphatic carbocycles. The van der Waals surface area contributed by atoms with Gasteiger partial charge in [0.2, 0.25) is 0 Å². The fraction of sp³-hybridized carbons (Fsp3) is 0.389. The Hall–Kier alpha value is -1.83. The number of nitrogens with zero attached hydrogens (tertiary/aromatic N) is 5. The highest BCUT2D eigenvalue weighted by Gasteiger charge is 2.21. The van der Waals surface area contributed by atoms with Crippen molar-refractivity contribution >= 4 is 39.7 Å². The van der Waals surface area contributed by atoms with Crippen LogP contribution in [0.15, 0.2) is 30.3 Å². The maximum absolute atomic E-state index is 5.66. The smallest absolute Gasteiger partial charge is 0.163 e. The van der Waals surface area contributed by atoms with E-state index in [1.807, 2.05) is 13.0 Å². The topological polar surface area (TPSA) is 37.2 Å². The average molecular weight is 372 g/mol. The van der Waals surface area contributed by atoms with Gasteiger partial charge in [-0.05, 0) is 31.8 Å². The summed E-state index contributed by atoms with van der Waals surface area (Å²) >= 11 is 7.29. The Balaban J connectivity index is 1.79. The van der Waals surface area contributed by atoms with E-state index in [4.69, 9.17) is 22.2 Å². The number of likely N-dealkylation sites (N-methyl/N-ethyl adjacent to an activating group) is 1. The predicted octanol–water partition coefficient (Wildman–Crippen LogP) is 3.33. The SMILES string of the molecule is Cc1nc(N2CCN(C)CC2)c2sc(=S)n(Cc3ccccc3)c2n1. The second kappa shape index (κ2) is 6.82. The normalized spacial score (nSPS) is 15.8. The minimum absolute atomic E-state index is 0.748. The molecule has 25 heavy (non-hydrogen) atoms. The average Bonchev–Trinajstić information content (AvgIpc) is 2.92. The van der Waals surface area contributed by atoms with Gasteiger partial charge >= 0.3 is 0 Å². The summed E-state index contributed by atoms with van der Waals surface area (Å²) in [6.45, 7) is 6.81. The molecule has 0 bridgehead atoms. The van der Waals surface area contributed by atoms with Gasteiger partial charge in [-0.2, -0.15) is 0 Å². The summed E-state index contributed by atoms with van der Waals surface area (Å²) in [5.74, 6) is 1.84. The number of benzene rings is 1. The van der Waals surface area contributed by atoms with Crippen molar-refractivity contribution in [2.75, 3.05) is 38.1 Å². The number of hydrogen-bond acceptors (Lipinski definition) is 6. The van der Waals surface area contributed by atoms with E-state index in [0.717, 1.165) is 58.7 Å². The van der Waals surface area contributed by atoms with E-state index >= 15 is 0 Å². The number of fused-ring (bicyclic) bond motifs is 1. The Morgan fingerprint density at radius 1 is 1.08 bits per heavy atom. The monoisotopic (exact) mass is 371 g/mol. The summed E-state index contributed by atoms with van der Waals surface area (Å²) in [5, 5.41) is 0. The van der Waals surface area contributed by atoms with Crippen molar-refractivity contribution in [3.8, 4) is 0 Å². The number of rotatable bonds is 3. The number of aromatic nitrogens is 3. The summed E-state index contributed by atoms with van der Waals surface area (Å²) in [6.07, 6.45) is 0. The highest BCUT2D eigenvalue weighted by Crippen LogP contribution is 2.31. The largest absolute Gasteiger partial charge is 0.353 e. The van der Waals surface area contributed by atoms with E-state index in [9.17, 15) is 0 Å². The second-order valence-electron chi connectivity index (χ2n) is 6.48. The molecular weight excluding hydrogens is 350 g/mol. The lowest BCUT2D eigenvalue weighted by atomic mass is 10.2. The first kappa shape index (κ1) is 16.6. The van der Waals surface area contributed by atoms with Crippen LogP contribution in [0.1, 0.15) is 11.4 Å².